The molecule has 0 N–H and O–H groups in total. The van der Waals surface area contributed by atoms with Crippen LogP contribution < -0.4 is 0 Å². The van der Waals surface area contributed by atoms with Crippen molar-refractivity contribution in [3.63, 3.8) is 0 Å². The molecule has 2 aromatic rings. The molecule has 5 nitrogen and oxygen atoms in total. The van der Waals surface area contributed by atoms with Crippen molar-refractivity contribution >= 4 is 16.8 Å². The third-order valence-electron chi connectivity index (χ3n) is 11.4. The maximum atomic E-state index is 11.7. The predicted molar refractivity (Wildman–Crippen MR) is 158 cm³/mol. The summed E-state index contributed by atoms with van der Waals surface area (Å²) in [6.45, 7) is 4.80. The Bertz CT molecular complexity index is 1130. The van der Waals surface area contributed by atoms with Gasteiger partial charge in [0.15, 0.2) is 0 Å². The molecule has 5 heteroatoms. The lowest BCUT2D eigenvalue weighted by atomic mass is 9.73. The average molecular weight is 531 g/mol. The van der Waals surface area contributed by atoms with Crippen molar-refractivity contribution in [2.75, 3.05) is 19.6 Å². The highest BCUT2D eigenvalue weighted by molar-refractivity contribution is 5.76. The van der Waals surface area contributed by atoms with E-state index in [-0.39, 0.29) is 0 Å². The number of piperidine rings is 3. The lowest BCUT2D eigenvalue weighted by Gasteiger charge is -2.55. The minimum Gasteiger partial charge on any atom is -0.324 e. The number of rotatable bonds is 6. The van der Waals surface area contributed by atoms with Crippen molar-refractivity contribution in [2.24, 2.45) is 11.8 Å². The first kappa shape index (κ1) is 26.2. The molecule has 3 aliphatic heterocycles. The number of para-hydroxylation sites is 2. The van der Waals surface area contributed by atoms with Gasteiger partial charge < -0.3 is 9.47 Å². The van der Waals surface area contributed by atoms with Crippen LogP contribution in [0.3, 0.4) is 0 Å². The summed E-state index contributed by atoms with van der Waals surface area (Å²) in [6, 6.07) is 11.8. The van der Waals surface area contributed by atoms with E-state index in [4.69, 9.17) is 4.98 Å². The minimum atomic E-state index is 0.305. The van der Waals surface area contributed by atoms with Crippen molar-refractivity contribution in [1.29, 1.82) is 0 Å². The van der Waals surface area contributed by atoms with E-state index < -0.39 is 0 Å². The molecule has 3 saturated heterocycles. The maximum absolute atomic E-state index is 11.7. The molecule has 0 amide bonds. The summed E-state index contributed by atoms with van der Waals surface area (Å²) in [5, 5.41) is 0. The summed E-state index contributed by atoms with van der Waals surface area (Å²) >= 11 is 0. The van der Waals surface area contributed by atoms with Gasteiger partial charge in [-0.2, -0.15) is 0 Å². The lowest BCUT2D eigenvalue weighted by molar-refractivity contribution is -0.117. The third kappa shape index (κ3) is 5.35. The molecule has 0 radical (unpaired) electrons. The number of fused-ring (bicyclic) bond motifs is 5. The Morgan fingerprint density at radius 2 is 1.56 bits per heavy atom. The molecular weight excluding hydrogens is 480 g/mol. The van der Waals surface area contributed by atoms with Gasteiger partial charge in [-0.25, -0.2) is 4.98 Å². The molecule has 2 saturated carbocycles. The van der Waals surface area contributed by atoms with E-state index in [9.17, 15) is 4.79 Å². The Balaban J connectivity index is 1.15. The van der Waals surface area contributed by atoms with E-state index in [2.05, 4.69) is 38.6 Å². The Morgan fingerprint density at radius 1 is 0.821 bits per heavy atom. The normalized spacial score (nSPS) is 36.1. The van der Waals surface area contributed by atoms with E-state index in [1.807, 2.05) is 0 Å². The lowest BCUT2D eigenvalue weighted by Crippen LogP contribution is -2.58. The zero-order chi connectivity index (χ0) is 26.3. The SMILES string of the molecule is CC(=O)CCN1CCC[C@H](c2nc3ccccc3n2[C@H]2C[C@H]3CCC[C@@H](C2)N3[C@@H]2C[C@@H]3CCCC[C@@H](C3)C2)C1. The molecule has 7 atom stereocenters. The van der Waals surface area contributed by atoms with Gasteiger partial charge in [-0.3, -0.25) is 9.69 Å². The standard InChI is InChI=1S/C34H50N4O/c1-24(39)15-17-36-16-7-10-27(23-36)34-35-32-13-4-5-14-33(32)38(34)31-21-28-11-6-12-29(22-31)37(28)30-19-25-8-2-3-9-26(18-25)20-30/h4-5,13-14,25-31H,2-3,6-12,15-23H2,1H3/t25-,26+,27-,28-,29+,30-,31+/m0/s1. The second-order valence-electron chi connectivity index (χ2n) is 14.1. The largest absolute Gasteiger partial charge is 0.324 e. The summed E-state index contributed by atoms with van der Waals surface area (Å²) in [6.07, 6.45) is 20.3. The number of nitrogens with zero attached hydrogens (tertiary/aromatic N) is 4. The summed E-state index contributed by atoms with van der Waals surface area (Å²) in [4.78, 5) is 22.7. The summed E-state index contributed by atoms with van der Waals surface area (Å²) in [5.74, 6) is 4.11. The van der Waals surface area contributed by atoms with Gasteiger partial charge >= 0.3 is 0 Å². The molecule has 4 heterocycles. The minimum absolute atomic E-state index is 0.305. The van der Waals surface area contributed by atoms with Crippen LogP contribution in [-0.4, -0.2) is 62.9 Å². The molecule has 5 aliphatic rings. The number of carbonyl (C=O) groups is 1. The van der Waals surface area contributed by atoms with Crippen LogP contribution in [-0.2, 0) is 4.79 Å². The molecule has 1 aromatic carbocycles. The van der Waals surface area contributed by atoms with Gasteiger partial charge in [0.25, 0.3) is 0 Å². The van der Waals surface area contributed by atoms with E-state index in [1.165, 1.54) is 107 Å². The molecule has 7 rings (SSSR count). The number of hydrogen-bond donors (Lipinski definition) is 0. The number of aromatic nitrogens is 2. The van der Waals surface area contributed by atoms with Crippen LogP contribution >= 0.6 is 0 Å². The van der Waals surface area contributed by atoms with Gasteiger partial charge in [0.1, 0.15) is 11.6 Å². The monoisotopic (exact) mass is 530 g/mol. The average Bonchev–Trinajstić information content (AvgIpc) is 3.25. The molecule has 0 spiro atoms. The second-order valence-corrected chi connectivity index (χ2v) is 14.1. The summed E-state index contributed by atoms with van der Waals surface area (Å²) < 4.78 is 2.73. The molecule has 5 fully saturated rings. The van der Waals surface area contributed by atoms with Gasteiger partial charge in [-0.05, 0) is 95.2 Å². The van der Waals surface area contributed by atoms with E-state index in [1.54, 1.807) is 6.92 Å². The van der Waals surface area contributed by atoms with Crippen LogP contribution in [0.5, 0.6) is 0 Å². The first-order valence-electron chi connectivity index (χ1n) is 16.6. The molecule has 4 bridgehead atoms. The van der Waals surface area contributed by atoms with Crippen LogP contribution in [0.25, 0.3) is 11.0 Å². The molecular formula is C34H50N4O. The topological polar surface area (TPSA) is 41.4 Å². The summed E-state index contributed by atoms with van der Waals surface area (Å²) in [5.41, 5.74) is 2.53. The number of likely N-dealkylation sites (tertiary alicyclic amines) is 1. The van der Waals surface area contributed by atoms with E-state index in [0.29, 0.717) is 24.2 Å². The Morgan fingerprint density at radius 3 is 2.31 bits per heavy atom. The maximum Gasteiger partial charge on any atom is 0.131 e. The van der Waals surface area contributed by atoms with Crippen LogP contribution in [0.4, 0.5) is 0 Å². The van der Waals surface area contributed by atoms with Gasteiger partial charge in [0, 0.05) is 49.6 Å². The highest BCUT2D eigenvalue weighted by Crippen LogP contribution is 2.48. The molecule has 39 heavy (non-hydrogen) atoms. The van der Waals surface area contributed by atoms with Gasteiger partial charge in [0.2, 0.25) is 0 Å². The van der Waals surface area contributed by atoms with Crippen LogP contribution in [0.1, 0.15) is 121 Å². The van der Waals surface area contributed by atoms with Crippen molar-refractivity contribution < 1.29 is 4.79 Å². The third-order valence-corrected chi connectivity index (χ3v) is 11.4. The molecule has 212 valence electrons. The van der Waals surface area contributed by atoms with E-state index >= 15 is 0 Å². The Hall–Kier alpha value is -1.72. The number of Topliss-reactive ketones (excluding diaryl/α,β-unsaturated/α-hetero) is 1. The van der Waals surface area contributed by atoms with Crippen molar-refractivity contribution in [1.82, 2.24) is 19.4 Å². The number of carbonyl (C=O) groups excluding carboxylic acids is 1. The molecule has 0 unspecified atom stereocenters. The number of hydrogen-bond acceptors (Lipinski definition) is 4. The highest BCUT2D eigenvalue weighted by atomic mass is 16.1. The van der Waals surface area contributed by atoms with Gasteiger partial charge in [0.05, 0.1) is 11.0 Å². The molecule has 1 aromatic heterocycles. The number of imidazole rings is 1. The predicted octanol–water partition coefficient (Wildman–Crippen LogP) is 7.11. The zero-order valence-electron chi connectivity index (χ0n) is 24.3. The first-order chi connectivity index (χ1) is 19.1. The smallest absolute Gasteiger partial charge is 0.131 e. The fraction of sp³-hybridized carbons (Fsp3) is 0.765. The Kier molecular flexibility index (Phi) is 7.57. The second kappa shape index (κ2) is 11.3. The van der Waals surface area contributed by atoms with Crippen LogP contribution in [0.15, 0.2) is 24.3 Å². The summed E-state index contributed by atoms with van der Waals surface area (Å²) in [7, 11) is 0. The van der Waals surface area contributed by atoms with E-state index in [0.717, 1.165) is 49.6 Å². The fourth-order valence-corrected chi connectivity index (χ4v) is 9.83. The number of ketones is 1. The first-order valence-corrected chi connectivity index (χ1v) is 16.6. The quantitative estimate of drug-likeness (QED) is 0.399. The van der Waals surface area contributed by atoms with Crippen molar-refractivity contribution in [3.8, 4) is 0 Å². The number of benzene rings is 1. The fourth-order valence-electron chi connectivity index (χ4n) is 9.83. The van der Waals surface area contributed by atoms with Crippen molar-refractivity contribution in [2.45, 2.75) is 133 Å². The van der Waals surface area contributed by atoms with Crippen LogP contribution in [0.2, 0.25) is 0 Å². The van der Waals surface area contributed by atoms with Gasteiger partial charge in [-0.1, -0.05) is 44.2 Å². The molecule has 2 aliphatic carbocycles. The van der Waals surface area contributed by atoms with Crippen molar-refractivity contribution in [3.05, 3.63) is 30.1 Å². The van der Waals surface area contributed by atoms with Gasteiger partial charge in [-0.15, -0.1) is 0 Å². The zero-order valence-corrected chi connectivity index (χ0v) is 24.3. The highest BCUT2D eigenvalue weighted by Gasteiger charge is 2.45. The Labute approximate surface area is 235 Å². The van der Waals surface area contributed by atoms with Crippen LogP contribution in [0, 0.1) is 11.8 Å².